The van der Waals surface area contributed by atoms with E-state index in [0.29, 0.717) is 22.6 Å². The first kappa shape index (κ1) is 21.1. The van der Waals surface area contributed by atoms with Gasteiger partial charge in [-0.05, 0) is 41.5 Å². The molecule has 32 heavy (non-hydrogen) atoms. The van der Waals surface area contributed by atoms with Crippen LogP contribution in [-0.4, -0.2) is 19.0 Å². The second-order valence-electron chi connectivity index (χ2n) is 7.42. The highest BCUT2D eigenvalue weighted by molar-refractivity contribution is 6.06. The van der Waals surface area contributed by atoms with Crippen molar-refractivity contribution in [2.24, 2.45) is 0 Å². The summed E-state index contributed by atoms with van der Waals surface area (Å²) in [6, 6.07) is 27.4. The van der Waals surface area contributed by atoms with E-state index in [-0.39, 0.29) is 0 Å². The molecular formula is C27H23NO4. The van der Waals surface area contributed by atoms with Crippen LogP contribution in [0.1, 0.15) is 27.6 Å². The number of nitrogens with one attached hydrogen (secondary N) is 1. The van der Waals surface area contributed by atoms with Crippen LogP contribution in [0.3, 0.4) is 0 Å². The van der Waals surface area contributed by atoms with Gasteiger partial charge in [0.2, 0.25) is 6.10 Å². The van der Waals surface area contributed by atoms with E-state index < -0.39 is 18.0 Å². The minimum atomic E-state index is -1.13. The quantitative estimate of drug-likeness (QED) is 0.403. The number of ether oxygens (including phenoxy) is 2. The standard InChI is InChI=1S/C27H23NO4/c1-18-15-16-24(31-2)23(17-18)28-26(29)25(20-10-4-3-5-11-20)32-27(30)22-14-8-12-19-9-6-7-13-21(19)22/h3-17,25H,1-2H3,(H,28,29). The molecule has 1 amide bonds. The summed E-state index contributed by atoms with van der Waals surface area (Å²) in [7, 11) is 1.54. The number of aryl methyl sites for hydroxylation is 1. The van der Waals surface area contributed by atoms with Gasteiger partial charge >= 0.3 is 5.97 Å². The van der Waals surface area contributed by atoms with Crippen LogP contribution < -0.4 is 10.1 Å². The third kappa shape index (κ3) is 4.47. The van der Waals surface area contributed by atoms with Crippen LogP contribution in [-0.2, 0) is 9.53 Å². The summed E-state index contributed by atoms with van der Waals surface area (Å²) >= 11 is 0. The monoisotopic (exact) mass is 425 g/mol. The van der Waals surface area contributed by atoms with E-state index in [9.17, 15) is 9.59 Å². The van der Waals surface area contributed by atoms with Crippen molar-refractivity contribution in [3.05, 3.63) is 108 Å². The molecule has 5 nitrogen and oxygen atoms in total. The molecule has 1 N–H and O–H groups in total. The molecule has 5 heteroatoms. The maximum absolute atomic E-state index is 13.3. The summed E-state index contributed by atoms with van der Waals surface area (Å²) in [5.41, 5.74) is 2.46. The zero-order valence-electron chi connectivity index (χ0n) is 17.9. The number of amides is 1. The highest BCUT2D eigenvalue weighted by atomic mass is 16.5. The summed E-state index contributed by atoms with van der Waals surface area (Å²) < 4.78 is 11.1. The van der Waals surface area contributed by atoms with Gasteiger partial charge in [0, 0.05) is 5.56 Å². The van der Waals surface area contributed by atoms with Crippen LogP contribution >= 0.6 is 0 Å². The molecule has 0 aromatic heterocycles. The van der Waals surface area contributed by atoms with Gasteiger partial charge in [0.05, 0.1) is 18.4 Å². The summed E-state index contributed by atoms with van der Waals surface area (Å²) in [4.78, 5) is 26.4. The summed E-state index contributed by atoms with van der Waals surface area (Å²) in [5, 5.41) is 4.55. The molecular weight excluding hydrogens is 402 g/mol. The van der Waals surface area contributed by atoms with Crippen molar-refractivity contribution in [3.8, 4) is 5.75 Å². The van der Waals surface area contributed by atoms with Gasteiger partial charge in [-0.1, -0.05) is 72.8 Å². The lowest BCUT2D eigenvalue weighted by Gasteiger charge is -2.19. The molecule has 0 heterocycles. The van der Waals surface area contributed by atoms with E-state index in [1.165, 1.54) is 7.11 Å². The second-order valence-corrected chi connectivity index (χ2v) is 7.42. The topological polar surface area (TPSA) is 64.6 Å². The van der Waals surface area contributed by atoms with Gasteiger partial charge in [-0.2, -0.15) is 0 Å². The van der Waals surface area contributed by atoms with E-state index in [0.717, 1.165) is 16.3 Å². The Hall–Kier alpha value is -4.12. The fourth-order valence-electron chi connectivity index (χ4n) is 3.59. The van der Waals surface area contributed by atoms with Crippen LogP contribution in [0.15, 0.2) is 91.0 Å². The number of benzene rings is 4. The van der Waals surface area contributed by atoms with Crippen molar-refractivity contribution in [2.75, 3.05) is 12.4 Å². The smallest absolute Gasteiger partial charge is 0.339 e. The minimum Gasteiger partial charge on any atom is -0.495 e. The van der Waals surface area contributed by atoms with Gasteiger partial charge < -0.3 is 14.8 Å². The predicted molar refractivity (Wildman–Crippen MR) is 125 cm³/mol. The highest BCUT2D eigenvalue weighted by Gasteiger charge is 2.27. The second kappa shape index (κ2) is 9.35. The number of methoxy groups -OCH3 is 1. The maximum Gasteiger partial charge on any atom is 0.339 e. The zero-order valence-corrected chi connectivity index (χ0v) is 17.9. The van der Waals surface area contributed by atoms with Crippen molar-refractivity contribution in [1.29, 1.82) is 0 Å². The van der Waals surface area contributed by atoms with Gasteiger partial charge in [-0.3, -0.25) is 4.79 Å². The number of esters is 1. The average molecular weight is 425 g/mol. The lowest BCUT2D eigenvalue weighted by molar-refractivity contribution is -0.125. The van der Waals surface area contributed by atoms with E-state index in [4.69, 9.17) is 9.47 Å². The normalized spacial score (nSPS) is 11.6. The Morgan fingerprint density at radius 3 is 2.34 bits per heavy atom. The Morgan fingerprint density at radius 2 is 1.56 bits per heavy atom. The molecule has 0 fully saturated rings. The van der Waals surface area contributed by atoms with Crippen molar-refractivity contribution in [3.63, 3.8) is 0 Å². The Balaban J connectivity index is 1.66. The molecule has 1 unspecified atom stereocenters. The molecule has 0 aliphatic carbocycles. The third-order valence-electron chi connectivity index (χ3n) is 5.19. The van der Waals surface area contributed by atoms with Crippen LogP contribution in [0.2, 0.25) is 0 Å². The Morgan fingerprint density at radius 1 is 0.844 bits per heavy atom. The largest absolute Gasteiger partial charge is 0.495 e. The Kier molecular flexibility index (Phi) is 6.17. The summed E-state index contributed by atoms with van der Waals surface area (Å²) in [6.45, 7) is 1.92. The first-order chi connectivity index (χ1) is 15.6. The summed E-state index contributed by atoms with van der Waals surface area (Å²) in [6.07, 6.45) is -1.13. The fraction of sp³-hybridized carbons (Fsp3) is 0.111. The van der Waals surface area contributed by atoms with Gasteiger partial charge in [0.25, 0.3) is 5.91 Å². The Labute approximate surface area is 186 Å². The van der Waals surface area contributed by atoms with Gasteiger partial charge in [-0.25, -0.2) is 4.79 Å². The molecule has 0 saturated heterocycles. The van der Waals surface area contributed by atoms with Gasteiger partial charge in [0.1, 0.15) is 5.75 Å². The van der Waals surface area contributed by atoms with Crippen molar-refractivity contribution in [1.82, 2.24) is 0 Å². The van der Waals surface area contributed by atoms with E-state index >= 15 is 0 Å². The Bertz CT molecular complexity index is 1260. The van der Waals surface area contributed by atoms with E-state index in [1.54, 1.807) is 42.5 Å². The molecule has 0 aliphatic heterocycles. The lowest BCUT2D eigenvalue weighted by atomic mass is 10.0. The first-order valence-electron chi connectivity index (χ1n) is 10.3. The van der Waals surface area contributed by atoms with Crippen LogP contribution in [0.25, 0.3) is 10.8 Å². The first-order valence-corrected chi connectivity index (χ1v) is 10.3. The summed E-state index contributed by atoms with van der Waals surface area (Å²) in [5.74, 6) is -0.508. The fourth-order valence-corrected chi connectivity index (χ4v) is 3.59. The maximum atomic E-state index is 13.3. The number of hydrogen-bond donors (Lipinski definition) is 1. The lowest BCUT2D eigenvalue weighted by Crippen LogP contribution is -2.26. The molecule has 0 bridgehead atoms. The van der Waals surface area contributed by atoms with Crippen LogP contribution in [0.5, 0.6) is 5.75 Å². The molecule has 0 spiro atoms. The van der Waals surface area contributed by atoms with Crippen molar-refractivity contribution >= 4 is 28.3 Å². The number of carbonyl (C=O) groups is 2. The zero-order chi connectivity index (χ0) is 22.5. The average Bonchev–Trinajstić information content (AvgIpc) is 2.82. The van der Waals surface area contributed by atoms with Crippen LogP contribution in [0.4, 0.5) is 5.69 Å². The number of hydrogen-bond acceptors (Lipinski definition) is 4. The molecule has 0 saturated carbocycles. The van der Waals surface area contributed by atoms with Crippen molar-refractivity contribution in [2.45, 2.75) is 13.0 Å². The number of rotatable bonds is 6. The highest BCUT2D eigenvalue weighted by Crippen LogP contribution is 2.29. The molecule has 0 aliphatic rings. The molecule has 4 rings (SSSR count). The molecule has 1 atom stereocenters. The number of fused-ring (bicyclic) bond motifs is 1. The van der Waals surface area contributed by atoms with Crippen molar-refractivity contribution < 1.29 is 19.1 Å². The molecule has 4 aromatic rings. The predicted octanol–water partition coefficient (Wildman–Crippen LogP) is 5.69. The van der Waals surface area contributed by atoms with Gasteiger partial charge in [0.15, 0.2) is 0 Å². The van der Waals surface area contributed by atoms with E-state index in [1.807, 2.05) is 55.5 Å². The van der Waals surface area contributed by atoms with Crippen LogP contribution in [0, 0.1) is 6.92 Å². The SMILES string of the molecule is COc1ccc(C)cc1NC(=O)C(OC(=O)c1cccc2ccccc12)c1ccccc1. The minimum absolute atomic E-state index is 0.407. The molecule has 0 radical (unpaired) electrons. The number of anilines is 1. The van der Waals surface area contributed by atoms with E-state index in [2.05, 4.69) is 5.32 Å². The number of carbonyl (C=O) groups excluding carboxylic acids is 2. The molecule has 4 aromatic carbocycles. The third-order valence-corrected chi connectivity index (χ3v) is 5.19. The van der Waals surface area contributed by atoms with Gasteiger partial charge in [-0.15, -0.1) is 0 Å². The molecule has 160 valence electrons.